The Balaban J connectivity index is 3.05. The molecule has 0 atom stereocenters. The Morgan fingerprint density at radius 1 is 1.72 bits per heavy atom. The SMILES string of the molecule is C#CCNC(=O)C(C)(C)n1cc([N+](=O)[O-])c(C)n1. The number of hydrogen-bond acceptors (Lipinski definition) is 4. The highest BCUT2D eigenvalue weighted by Gasteiger charge is 2.32. The highest BCUT2D eigenvalue weighted by atomic mass is 16.6. The zero-order chi connectivity index (χ0) is 13.9. The highest BCUT2D eigenvalue weighted by molar-refractivity contribution is 5.83. The van der Waals surface area contributed by atoms with Crippen molar-refractivity contribution < 1.29 is 9.72 Å². The number of nitro groups is 1. The summed E-state index contributed by atoms with van der Waals surface area (Å²) in [5.41, 5.74) is -0.902. The molecule has 0 saturated carbocycles. The highest BCUT2D eigenvalue weighted by Crippen LogP contribution is 2.21. The third-order valence-corrected chi connectivity index (χ3v) is 2.55. The first-order valence-electron chi connectivity index (χ1n) is 5.23. The van der Waals surface area contributed by atoms with Gasteiger partial charge >= 0.3 is 5.69 Å². The van der Waals surface area contributed by atoms with Crippen molar-refractivity contribution in [2.45, 2.75) is 26.3 Å². The summed E-state index contributed by atoms with van der Waals surface area (Å²) in [6, 6.07) is 0. The fourth-order valence-electron chi connectivity index (χ4n) is 1.37. The molecule has 96 valence electrons. The first-order chi connectivity index (χ1) is 8.30. The number of amides is 1. The molecular weight excluding hydrogens is 236 g/mol. The lowest BCUT2D eigenvalue weighted by molar-refractivity contribution is -0.385. The number of aryl methyl sites for hydroxylation is 1. The van der Waals surface area contributed by atoms with Gasteiger partial charge in [0.1, 0.15) is 17.4 Å². The molecule has 1 rings (SSSR count). The molecule has 1 aromatic heterocycles. The third kappa shape index (κ3) is 2.48. The number of aromatic nitrogens is 2. The van der Waals surface area contributed by atoms with Gasteiger partial charge in [-0.15, -0.1) is 6.42 Å². The molecule has 7 heteroatoms. The molecule has 0 aromatic carbocycles. The van der Waals surface area contributed by atoms with Crippen LogP contribution in [0.4, 0.5) is 5.69 Å². The summed E-state index contributed by atoms with van der Waals surface area (Å²) in [6.07, 6.45) is 6.29. The number of rotatable bonds is 4. The maximum atomic E-state index is 11.9. The van der Waals surface area contributed by atoms with Gasteiger partial charge in [-0.2, -0.15) is 5.10 Å². The van der Waals surface area contributed by atoms with Crippen LogP contribution in [0.2, 0.25) is 0 Å². The van der Waals surface area contributed by atoms with Gasteiger partial charge < -0.3 is 5.32 Å². The minimum absolute atomic E-state index is 0.102. The minimum atomic E-state index is -1.05. The molecule has 7 nitrogen and oxygen atoms in total. The Morgan fingerprint density at radius 3 is 2.78 bits per heavy atom. The fraction of sp³-hybridized carbons (Fsp3) is 0.455. The van der Waals surface area contributed by atoms with E-state index >= 15 is 0 Å². The molecule has 1 N–H and O–H groups in total. The van der Waals surface area contributed by atoms with Crippen LogP contribution in [0.1, 0.15) is 19.5 Å². The van der Waals surface area contributed by atoms with E-state index in [2.05, 4.69) is 16.3 Å². The number of carbonyl (C=O) groups excluding carboxylic acids is 1. The van der Waals surface area contributed by atoms with Gasteiger partial charge in [0.2, 0.25) is 5.91 Å². The van der Waals surface area contributed by atoms with Gasteiger partial charge in [0, 0.05) is 0 Å². The summed E-state index contributed by atoms with van der Waals surface area (Å²) < 4.78 is 1.27. The molecule has 18 heavy (non-hydrogen) atoms. The summed E-state index contributed by atoms with van der Waals surface area (Å²) in [4.78, 5) is 22.1. The van der Waals surface area contributed by atoms with Crippen molar-refractivity contribution >= 4 is 11.6 Å². The molecule has 0 fully saturated rings. The molecule has 0 aliphatic carbocycles. The lowest BCUT2D eigenvalue weighted by Crippen LogP contribution is -2.44. The summed E-state index contributed by atoms with van der Waals surface area (Å²) in [6.45, 7) is 4.83. The van der Waals surface area contributed by atoms with E-state index in [1.807, 2.05) is 0 Å². The number of carbonyl (C=O) groups is 1. The molecule has 0 unspecified atom stereocenters. The van der Waals surface area contributed by atoms with E-state index in [9.17, 15) is 14.9 Å². The van der Waals surface area contributed by atoms with E-state index in [4.69, 9.17) is 6.42 Å². The maximum Gasteiger partial charge on any atom is 0.309 e. The van der Waals surface area contributed by atoms with Crippen LogP contribution in [-0.4, -0.2) is 27.2 Å². The van der Waals surface area contributed by atoms with Crippen molar-refractivity contribution in [3.8, 4) is 12.3 Å². The monoisotopic (exact) mass is 250 g/mol. The van der Waals surface area contributed by atoms with Crippen molar-refractivity contribution in [1.29, 1.82) is 0 Å². The molecule has 0 aliphatic heterocycles. The predicted molar refractivity (Wildman–Crippen MR) is 64.8 cm³/mol. The third-order valence-electron chi connectivity index (χ3n) is 2.55. The first-order valence-corrected chi connectivity index (χ1v) is 5.23. The molecular formula is C11H14N4O3. The average Bonchev–Trinajstić information content (AvgIpc) is 2.68. The molecule has 1 aromatic rings. The normalized spacial score (nSPS) is 10.8. The smallest absolute Gasteiger partial charge is 0.309 e. The van der Waals surface area contributed by atoms with Gasteiger partial charge in [0.15, 0.2) is 0 Å². The van der Waals surface area contributed by atoms with Gasteiger partial charge in [0.05, 0.1) is 11.5 Å². The quantitative estimate of drug-likeness (QED) is 0.481. The number of nitrogens with zero attached hydrogens (tertiary/aromatic N) is 3. The number of hydrogen-bond donors (Lipinski definition) is 1. The summed E-state index contributed by atoms with van der Waals surface area (Å²) in [5, 5.41) is 17.2. The molecule has 0 aliphatic rings. The van der Waals surface area contributed by atoms with E-state index in [0.29, 0.717) is 0 Å². The topological polar surface area (TPSA) is 90.1 Å². The molecule has 0 spiro atoms. The van der Waals surface area contributed by atoms with Gasteiger partial charge in [-0.3, -0.25) is 19.6 Å². The van der Waals surface area contributed by atoms with E-state index in [0.717, 1.165) is 0 Å². The first kappa shape index (κ1) is 13.7. The van der Waals surface area contributed by atoms with Crippen molar-refractivity contribution in [2.24, 2.45) is 0 Å². The Labute approximate surface area is 104 Å². The average molecular weight is 250 g/mol. The Kier molecular flexibility index (Phi) is 3.71. The van der Waals surface area contributed by atoms with Crippen LogP contribution in [0.5, 0.6) is 0 Å². The van der Waals surface area contributed by atoms with Crippen molar-refractivity contribution in [3.05, 3.63) is 22.0 Å². The van der Waals surface area contributed by atoms with Crippen LogP contribution < -0.4 is 5.32 Å². The van der Waals surface area contributed by atoms with Crippen LogP contribution in [0.3, 0.4) is 0 Å². The van der Waals surface area contributed by atoms with E-state index in [1.54, 1.807) is 13.8 Å². The molecule has 1 amide bonds. The zero-order valence-electron chi connectivity index (χ0n) is 10.4. The summed E-state index contributed by atoms with van der Waals surface area (Å²) in [7, 11) is 0. The second-order valence-electron chi connectivity index (χ2n) is 4.25. The van der Waals surface area contributed by atoms with Crippen molar-refractivity contribution in [1.82, 2.24) is 15.1 Å². The zero-order valence-corrected chi connectivity index (χ0v) is 10.4. The number of terminal acetylenes is 1. The van der Waals surface area contributed by atoms with E-state index in [1.165, 1.54) is 17.8 Å². The Bertz CT molecular complexity index is 525. The van der Waals surface area contributed by atoms with Crippen molar-refractivity contribution in [3.63, 3.8) is 0 Å². The molecule has 0 saturated heterocycles. The van der Waals surface area contributed by atoms with Crippen LogP contribution in [-0.2, 0) is 10.3 Å². The summed E-state index contributed by atoms with van der Waals surface area (Å²) in [5.74, 6) is 1.94. The lowest BCUT2D eigenvalue weighted by Gasteiger charge is -2.23. The predicted octanol–water partition coefficient (Wildman–Crippen LogP) is 0.584. The van der Waals surface area contributed by atoms with Crippen LogP contribution >= 0.6 is 0 Å². The second-order valence-corrected chi connectivity index (χ2v) is 4.25. The van der Waals surface area contributed by atoms with Crippen molar-refractivity contribution in [2.75, 3.05) is 6.54 Å². The summed E-state index contributed by atoms with van der Waals surface area (Å²) >= 11 is 0. The van der Waals surface area contributed by atoms with Crippen LogP contribution in [0.25, 0.3) is 0 Å². The maximum absolute atomic E-state index is 11.9. The standard InChI is InChI=1S/C11H14N4O3/c1-5-6-12-10(16)11(3,4)14-7-9(15(17)18)8(2)13-14/h1,7H,6H2,2-4H3,(H,12,16). The fourth-order valence-corrected chi connectivity index (χ4v) is 1.37. The van der Waals surface area contributed by atoms with Gasteiger partial charge in [-0.1, -0.05) is 5.92 Å². The second kappa shape index (κ2) is 4.87. The van der Waals surface area contributed by atoms with Crippen LogP contribution in [0, 0.1) is 29.4 Å². The van der Waals surface area contributed by atoms with Crippen LogP contribution in [0.15, 0.2) is 6.20 Å². The largest absolute Gasteiger partial charge is 0.343 e. The number of nitrogens with one attached hydrogen (secondary N) is 1. The molecule has 0 bridgehead atoms. The van der Waals surface area contributed by atoms with E-state index < -0.39 is 10.5 Å². The van der Waals surface area contributed by atoms with Gasteiger partial charge in [-0.25, -0.2) is 0 Å². The van der Waals surface area contributed by atoms with E-state index in [-0.39, 0.29) is 23.8 Å². The Morgan fingerprint density at radius 2 is 2.33 bits per heavy atom. The lowest BCUT2D eigenvalue weighted by atomic mass is 10.1. The minimum Gasteiger partial charge on any atom is -0.343 e. The molecule has 1 heterocycles. The van der Waals surface area contributed by atoms with Gasteiger partial charge in [-0.05, 0) is 20.8 Å². The van der Waals surface area contributed by atoms with Gasteiger partial charge in [0.25, 0.3) is 0 Å². The molecule has 0 radical (unpaired) electrons. The Hall–Kier alpha value is -2.36.